The number of anilines is 1. The molecule has 0 unspecified atom stereocenters. The Morgan fingerprint density at radius 3 is 2.42 bits per heavy atom. The number of carbonyl (C=O) groups excluding carboxylic acids is 1. The van der Waals surface area contributed by atoms with Crippen LogP contribution in [0.1, 0.15) is 22.1 Å². The molecule has 138 valence electrons. The SMILES string of the molecule is COc1ccc([C@@H]2Nc3ccccc3C(=O)N2NS(C)(=O)=O)cc1OC. The van der Waals surface area contributed by atoms with E-state index >= 15 is 0 Å². The van der Waals surface area contributed by atoms with Crippen LogP contribution in [-0.2, 0) is 10.0 Å². The first-order chi connectivity index (χ1) is 12.3. The molecule has 2 aromatic rings. The van der Waals surface area contributed by atoms with Gasteiger partial charge in [0.2, 0.25) is 10.0 Å². The highest BCUT2D eigenvalue weighted by Crippen LogP contribution is 2.36. The average Bonchev–Trinajstić information content (AvgIpc) is 2.62. The molecule has 1 aliphatic heterocycles. The fourth-order valence-electron chi connectivity index (χ4n) is 2.78. The van der Waals surface area contributed by atoms with E-state index in [4.69, 9.17) is 9.47 Å². The van der Waals surface area contributed by atoms with Crippen LogP contribution in [0.5, 0.6) is 11.5 Å². The zero-order valence-corrected chi connectivity index (χ0v) is 15.3. The molecule has 1 heterocycles. The third-order valence-corrected chi connectivity index (χ3v) is 4.44. The summed E-state index contributed by atoms with van der Waals surface area (Å²) in [7, 11) is -0.645. The lowest BCUT2D eigenvalue weighted by Gasteiger charge is -2.37. The van der Waals surface area contributed by atoms with E-state index in [-0.39, 0.29) is 0 Å². The van der Waals surface area contributed by atoms with Crippen molar-refractivity contribution >= 4 is 21.6 Å². The molecule has 1 aliphatic rings. The summed E-state index contributed by atoms with van der Waals surface area (Å²) in [5, 5.41) is 4.24. The van der Waals surface area contributed by atoms with Crippen molar-refractivity contribution in [1.29, 1.82) is 0 Å². The van der Waals surface area contributed by atoms with Gasteiger partial charge >= 0.3 is 0 Å². The van der Waals surface area contributed by atoms with Gasteiger partial charge in [-0.2, -0.15) is 0 Å². The number of para-hydroxylation sites is 1. The van der Waals surface area contributed by atoms with Gasteiger partial charge in [0, 0.05) is 5.69 Å². The number of hydrogen-bond donors (Lipinski definition) is 2. The van der Waals surface area contributed by atoms with Crippen molar-refractivity contribution in [3.63, 3.8) is 0 Å². The number of nitrogens with zero attached hydrogens (tertiary/aromatic N) is 1. The summed E-state index contributed by atoms with van der Waals surface area (Å²) in [6, 6.07) is 12.0. The van der Waals surface area contributed by atoms with Crippen molar-refractivity contribution in [3.8, 4) is 11.5 Å². The number of ether oxygens (including phenoxy) is 2. The highest BCUT2D eigenvalue weighted by atomic mass is 32.2. The van der Waals surface area contributed by atoms with Gasteiger partial charge < -0.3 is 14.8 Å². The van der Waals surface area contributed by atoms with E-state index in [0.29, 0.717) is 28.3 Å². The first-order valence-corrected chi connectivity index (χ1v) is 9.61. The molecule has 8 nitrogen and oxygen atoms in total. The molecule has 0 radical (unpaired) electrons. The molecule has 3 rings (SSSR count). The molecule has 0 aromatic heterocycles. The number of amides is 1. The second kappa shape index (κ2) is 6.85. The minimum Gasteiger partial charge on any atom is -0.493 e. The summed E-state index contributed by atoms with van der Waals surface area (Å²) in [5.74, 6) is 0.545. The van der Waals surface area contributed by atoms with Gasteiger partial charge in [0.1, 0.15) is 6.17 Å². The van der Waals surface area contributed by atoms with E-state index in [0.717, 1.165) is 11.3 Å². The lowest BCUT2D eigenvalue weighted by molar-refractivity contribution is 0.0633. The third kappa shape index (κ3) is 3.44. The van der Waals surface area contributed by atoms with Crippen molar-refractivity contribution in [2.45, 2.75) is 6.17 Å². The minimum absolute atomic E-state index is 0.375. The van der Waals surface area contributed by atoms with E-state index in [1.807, 2.05) is 0 Å². The molecular formula is C17H19N3O5S. The minimum atomic E-state index is -3.67. The molecule has 0 fully saturated rings. The van der Waals surface area contributed by atoms with Crippen LogP contribution >= 0.6 is 0 Å². The Balaban J connectivity index is 2.09. The quantitative estimate of drug-likeness (QED) is 0.824. The topological polar surface area (TPSA) is 97.0 Å². The highest BCUT2D eigenvalue weighted by Gasteiger charge is 2.35. The summed E-state index contributed by atoms with van der Waals surface area (Å²) in [6.07, 6.45) is 0.235. The second-order valence-electron chi connectivity index (χ2n) is 5.75. The maximum atomic E-state index is 12.9. The highest BCUT2D eigenvalue weighted by molar-refractivity contribution is 7.88. The molecule has 2 N–H and O–H groups in total. The average molecular weight is 377 g/mol. The Labute approximate surface area is 151 Å². The van der Waals surface area contributed by atoms with E-state index < -0.39 is 22.1 Å². The molecule has 1 amide bonds. The number of hydrogen-bond acceptors (Lipinski definition) is 6. The molecule has 0 saturated carbocycles. The molecule has 9 heteroatoms. The lowest BCUT2D eigenvalue weighted by atomic mass is 10.0. The molecule has 0 aliphatic carbocycles. The summed E-state index contributed by atoms with van der Waals surface area (Å²) in [5.41, 5.74) is 1.62. The molecule has 0 spiro atoms. The van der Waals surface area contributed by atoms with Crippen LogP contribution in [0.3, 0.4) is 0 Å². The second-order valence-corrected chi connectivity index (χ2v) is 7.47. The summed E-state index contributed by atoms with van der Waals surface area (Å²) < 4.78 is 34.1. The Morgan fingerprint density at radius 1 is 1.08 bits per heavy atom. The van der Waals surface area contributed by atoms with Crippen molar-refractivity contribution in [1.82, 2.24) is 9.84 Å². The van der Waals surface area contributed by atoms with Gasteiger partial charge in [-0.3, -0.25) is 4.79 Å². The maximum Gasteiger partial charge on any atom is 0.273 e. The van der Waals surface area contributed by atoms with Gasteiger partial charge in [-0.05, 0) is 29.8 Å². The lowest BCUT2D eigenvalue weighted by Crippen LogP contribution is -2.52. The summed E-state index contributed by atoms with van der Waals surface area (Å²) >= 11 is 0. The van der Waals surface area contributed by atoms with Gasteiger partial charge in [0.25, 0.3) is 5.91 Å². The van der Waals surface area contributed by atoms with Gasteiger partial charge in [0.05, 0.1) is 26.0 Å². The first-order valence-electron chi connectivity index (χ1n) is 7.72. The Bertz CT molecular complexity index is 945. The number of nitrogens with one attached hydrogen (secondary N) is 2. The smallest absolute Gasteiger partial charge is 0.273 e. The molecule has 2 aromatic carbocycles. The largest absolute Gasteiger partial charge is 0.493 e. The number of rotatable bonds is 5. The summed E-state index contributed by atoms with van der Waals surface area (Å²) in [4.78, 5) is 15.1. The molecule has 26 heavy (non-hydrogen) atoms. The number of carbonyl (C=O) groups is 1. The van der Waals surface area contributed by atoms with E-state index in [9.17, 15) is 13.2 Å². The van der Waals surface area contributed by atoms with Crippen molar-refractivity contribution in [2.24, 2.45) is 0 Å². The van der Waals surface area contributed by atoms with E-state index in [1.165, 1.54) is 14.2 Å². The van der Waals surface area contributed by atoms with Gasteiger partial charge in [-0.25, -0.2) is 13.4 Å². The van der Waals surface area contributed by atoms with Crippen LogP contribution in [0.4, 0.5) is 5.69 Å². The molecule has 0 bridgehead atoms. The summed E-state index contributed by atoms with van der Waals surface area (Å²) in [6.45, 7) is 0. The standard InChI is InChI=1S/C17H19N3O5S/c1-24-14-9-8-11(10-15(14)25-2)16-18-13-7-5-4-6-12(13)17(21)20(16)19-26(3,22)23/h4-10,16,18-19H,1-3H3/t16-/m1/s1. The zero-order valence-electron chi connectivity index (χ0n) is 14.5. The molecular weight excluding hydrogens is 358 g/mol. The number of sulfonamides is 1. The van der Waals surface area contributed by atoms with E-state index in [2.05, 4.69) is 10.1 Å². The fourth-order valence-corrected chi connectivity index (χ4v) is 3.33. The Kier molecular flexibility index (Phi) is 4.75. The van der Waals surface area contributed by atoms with Crippen LogP contribution in [0.25, 0.3) is 0 Å². The van der Waals surface area contributed by atoms with Gasteiger partial charge in [-0.15, -0.1) is 4.83 Å². The van der Waals surface area contributed by atoms with Gasteiger partial charge in [-0.1, -0.05) is 18.2 Å². The Hall–Kier alpha value is -2.78. The predicted molar refractivity (Wildman–Crippen MR) is 96.5 cm³/mol. The van der Waals surface area contributed by atoms with Crippen LogP contribution in [0.15, 0.2) is 42.5 Å². The maximum absolute atomic E-state index is 12.9. The number of methoxy groups -OCH3 is 2. The molecule has 1 atom stereocenters. The van der Waals surface area contributed by atoms with Crippen LogP contribution in [0.2, 0.25) is 0 Å². The normalized spacial score (nSPS) is 16.7. The zero-order chi connectivity index (χ0) is 18.9. The molecule has 0 saturated heterocycles. The van der Waals surface area contributed by atoms with Crippen molar-refractivity contribution in [3.05, 3.63) is 53.6 Å². The number of fused-ring (bicyclic) bond motifs is 1. The first kappa shape index (κ1) is 18.0. The van der Waals surface area contributed by atoms with Crippen molar-refractivity contribution < 1.29 is 22.7 Å². The van der Waals surface area contributed by atoms with Crippen LogP contribution < -0.4 is 19.6 Å². The monoisotopic (exact) mass is 377 g/mol. The van der Waals surface area contributed by atoms with Crippen LogP contribution in [-0.4, -0.2) is 39.8 Å². The third-order valence-electron chi connectivity index (χ3n) is 3.91. The number of benzene rings is 2. The fraction of sp³-hybridized carbons (Fsp3) is 0.235. The van der Waals surface area contributed by atoms with Crippen molar-refractivity contribution in [2.75, 3.05) is 25.8 Å². The Morgan fingerprint density at radius 2 is 1.77 bits per heavy atom. The van der Waals surface area contributed by atoms with E-state index in [1.54, 1.807) is 42.5 Å². The van der Waals surface area contributed by atoms with Crippen LogP contribution in [0, 0.1) is 0 Å². The van der Waals surface area contributed by atoms with Gasteiger partial charge in [0.15, 0.2) is 11.5 Å². The predicted octanol–water partition coefficient (Wildman–Crippen LogP) is 1.73. The number of hydrazine groups is 1.